The number of anilines is 1. The SMILES string of the molecule is C[N+]1(CCF)CC2C(CNC(=O)c3cc(Cl)c(N)c4cccnc34)C2C1. The van der Waals surface area contributed by atoms with E-state index in [0.29, 0.717) is 58.0 Å². The third kappa shape index (κ3) is 2.91. The number of pyridine rings is 1. The zero-order valence-corrected chi connectivity index (χ0v) is 15.5. The van der Waals surface area contributed by atoms with E-state index < -0.39 is 0 Å². The van der Waals surface area contributed by atoms with Gasteiger partial charge in [0, 0.05) is 30.0 Å². The van der Waals surface area contributed by atoms with Crippen LogP contribution in [0.1, 0.15) is 10.4 Å². The fourth-order valence-electron chi connectivity index (χ4n) is 4.57. The van der Waals surface area contributed by atoms with Crippen molar-refractivity contribution in [1.29, 1.82) is 0 Å². The minimum Gasteiger partial charge on any atom is -0.397 e. The molecule has 2 aromatic rings. The summed E-state index contributed by atoms with van der Waals surface area (Å²) in [5.41, 5.74) is 7.45. The zero-order chi connectivity index (χ0) is 18.5. The number of nitrogens with two attached hydrogens (primary N) is 1. The lowest BCUT2D eigenvalue weighted by molar-refractivity contribution is -0.903. The van der Waals surface area contributed by atoms with Gasteiger partial charge in [-0.2, -0.15) is 0 Å². The van der Waals surface area contributed by atoms with Crippen LogP contribution >= 0.6 is 11.6 Å². The monoisotopic (exact) mass is 377 g/mol. The second-order valence-electron chi connectivity index (χ2n) is 7.82. The molecule has 2 fully saturated rings. The molecule has 1 saturated heterocycles. The Bertz CT molecular complexity index is 862. The van der Waals surface area contributed by atoms with Crippen molar-refractivity contribution in [1.82, 2.24) is 10.3 Å². The number of fused-ring (bicyclic) bond motifs is 2. The summed E-state index contributed by atoms with van der Waals surface area (Å²) in [4.78, 5) is 17.0. The Labute approximate surface area is 156 Å². The lowest BCUT2D eigenvalue weighted by atomic mass is 10.1. The average molecular weight is 378 g/mol. The number of hydrogen-bond donors (Lipinski definition) is 2. The van der Waals surface area contributed by atoms with Crippen LogP contribution in [-0.4, -0.2) is 55.3 Å². The molecule has 1 saturated carbocycles. The number of halogens is 2. The molecule has 0 radical (unpaired) electrons. The predicted molar refractivity (Wildman–Crippen MR) is 101 cm³/mol. The van der Waals surface area contributed by atoms with Crippen molar-refractivity contribution in [2.45, 2.75) is 0 Å². The second-order valence-corrected chi connectivity index (χ2v) is 8.23. The maximum absolute atomic E-state index is 12.7. The molecular weight excluding hydrogens is 355 g/mol. The van der Waals surface area contributed by atoms with Crippen LogP contribution < -0.4 is 11.1 Å². The summed E-state index contributed by atoms with van der Waals surface area (Å²) in [6.45, 7) is 2.98. The Hall–Kier alpha value is -1.92. The van der Waals surface area contributed by atoms with E-state index in [2.05, 4.69) is 17.3 Å². The topological polar surface area (TPSA) is 68.0 Å². The van der Waals surface area contributed by atoms with Gasteiger partial charge in [0.05, 0.1) is 41.9 Å². The standard InChI is InChI=1S/C19H22ClFN4O/c1-25(6-4-21)9-14-13(15(14)10-25)8-24-19(26)12-7-16(20)17(22)11-3-2-5-23-18(11)12/h2-3,5,7,13-15H,4,6,8-10H2,1H3,(H2-,22,23,24,26)/p+1. The van der Waals surface area contributed by atoms with Crippen molar-refractivity contribution < 1.29 is 13.7 Å². The van der Waals surface area contributed by atoms with Gasteiger partial charge in [-0.15, -0.1) is 0 Å². The van der Waals surface area contributed by atoms with Crippen LogP contribution in [0.25, 0.3) is 10.9 Å². The Morgan fingerprint density at radius 2 is 2.19 bits per heavy atom. The first kappa shape index (κ1) is 17.5. The van der Waals surface area contributed by atoms with E-state index in [1.165, 1.54) is 0 Å². The van der Waals surface area contributed by atoms with Crippen LogP contribution in [0.4, 0.5) is 10.1 Å². The smallest absolute Gasteiger partial charge is 0.253 e. The van der Waals surface area contributed by atoms with Gasteiger partial charge >= 0.3 is 0 Å². The third-order valence-electron chi connectivity index (χ3n) is 6.06. The molecule has 1 amide bonds. The molecule has 0 spiro atoms. The van der Waals surface area contributed by atoms with Crippen LogP contribution in [0.2, 0.25) is 5.02 Å². The first-order chi connectivity index (χ1) is 12.4. The van der Waals surface area contributed by atoms with Crippen LogP contribution in [0.5, 0.6) is 0 Å². The van der Waals surface area contributed by atoms with E-state index in [9.17, 15) is 9.18 Å². The highest BCUT2D eigenvalue weighted by Gasteiger charge is 2.61. The number of quaternary nitrogens is 1. The summed E-state index contributed by atoms with van der Waals surface area (Å²) in [6.07, 6.45) is 1.64. The largest absolute Gasteiger partial charge is 0.397 e. The Morgan fingerprint density at radius 3 is 2.88 bits per heavy atom. The Balaban J connectivity index is 1.43. The van der Waals surface area contributed by atoms with Gasteiger partial charge in [0.2, 0.25) is 0 Å². The molecule has 2 heterocycles. The molecule has 2 aliphatic rings. The highest BCUT2D eigenvalue weighted by atomic mass is 35.5. The minimum atomic E-state index is -0.269. The number of amides is 1. The lowest BCUT2D eigenvalue weighted by Crippen LogP contribution is -2.46. The number of benzene rings is 1. The van der Waals surface area contributed by atoms with Gasteiger partial charge < -0.3 is 15.5 Å². The number of nitrogen functional groups attached to an aromatic ring is 1. The molecule has 1 aliphatic carbocycles. The Kier molecular flexibility index (Phi) is 4.28. The third-order valence-corrected chi connectivity index (χ3v) is 6.37. The van der Waals surface area contributed by atoms with Gasteiger partial charge in [0.15, 0.2) is 0 Å². The van der Waals surface area contributed by atoms with E-state index in [1.54, 1.807) is 18.3 Å². The van der Waals surface area contributed by atoms with Crippen molar-refractivity contribution >= 4 is 34.1 Å². The number of nitrogens with zero attached hydrogens (tertiary/aromatic N) is 2. The average Bonchev–Trinajstić information content (AvgIpc) is 3.11. The predicted octanol–water partition coefficient (Wildman–Crippen LogP) is 2.49. The van der Waals surface area contributed by atoms with Crippen LogP contribution in [0, 0.1) is 17.8 Å². The highest BCUT2D eigenvalue weighted by molar-refractivity contribution is 6.35. The first-order valence-electron chi connectivity index (χ1n) is 8.94. The number of alkyl halides is 1. The molecule has 7 heteroatoms. The lowest BCUT2D eigenvalue weighted by Gasteiger charge is -2.31. The molecule has 1 aliphatic heterocycles. The minimum absolute atomic E-state index is 0.179. The molecule has 1 aromatic heterocycles. The number of likely N-dealkylation sites (tertiary alicyclic amines) is 1. The second kappa shape index (κ2) is 6.35. The van der Waals surface area contributed by atoms with Gasteiger partial charge in [-0.05, 0) is 24.1 Å². The van der Waals surface area contributed by atoms with Crippen molar-refractivity contribution in [2.75, 3.05) is 45.6 Å². The van der Waals surface area contributed by atoms with Crippen LogP contribution in [0.3, 0.4) is 0 Å². The maximum atomic E-state index is 12.7. The Morgan fingerprint density at radius 1 is 1.46 bits per heavy atom. The normalized spacial score (nSPS) is 29.6. The molecule has 1 aromatic carbocycles. The van der Waals surface area contributed by atoms with E-state index >= 15 is 0 Å². The van der Waals surface area contributed by atoms with Crippen LogP contribution in [0.15, 0.2) is 24.4 Å². The zero-order valence-electron chi connectivity index (χ0n) is 14.7. The van der Waals surface area contributed by atoms with E-state index in [4.69, 9.17) is 17.3 Å². The molecule has 26 heavy (non-hydrogen) atoms. The number of carbonyl (C=O) groups excluding carboxylic acids is 1. The summed E-state index contributed by atoms with van der Waals surface area (Å²) in [5.74, 6) is 1.50. The highest BCUT2D eigenvalue weighted by Crippen LogP contribution is 2.53. The van der Waals surface area contributed by atoms with E-state index in [-0.39, 0.29) is 12.6 Å². The quantitative estimate of drug-likeness (QED) is 0.621. The van der Waals surface area contributed by atoms with Gasteiger partial charge in [0.1, 0.15) is 13.2 Å². The number of carbonyl (C=O) groups is 1. The van der Waals surface area contributed by atoms with Crippen molar-refractivity contribution in [3.05, 3.63) is 35.0 Å². The van der Waals surface area contributed by atoms with Crippen molar-refractivity contribution in [2.24, 2.45) is 17.8 Å². The van der Waals surface area contributed by atoms with Crippen LogP contribution in [-0.2, 0) is 0 Å². The fraction of sp³-hybridized carbons (Fsp3) is 0.474. The fourth-order valence-corrected chi connectivity index (χ4v) is 4.78. The molecule has 0 bridgehead atoms. The van der Waals surface area contributed by atoms with Gasteiger partial charge in [-0.25, -0.2) is 4.39 Å². The molecule has 138 valence electrons. The molecule has 5 nitrogen and oxygen atoms in total. The maximum Gasteiger partial charge on any atom is 0.253 e. The number of rotatable bonds is 5. The van der Waals surface area contributed by atoms with E-state index in [0.717, 1.165) is 17.6 Å². The molecule has 2 unspecified atom stereocenters. The number of hydrogen-bond acceptors (Lipinski definition) is 3. The van der Waals surface area contributed by atoms with E-state index in [1.807, 2.05) is 6.07 Å². The summed E-state index contributed by atoms with van der Waals surface area (Å²) in [7, 11) is 2.12. The summed E-state index contributed by atoms with van der Waals surface area (Å²) >= 11 is 6.19. The summed E-state index contributed by atoms with van der Waals surface area (Å²) in [5, 5.41) is 4.08. The summed E-state index contributed by atoms with van der Waals surface area (Å²) < 4.78 is 13.5. The molecule has 2 atom stereocenters. The van der Waals surface area contributed by atoms with Gasteiger partial charge in [0.25, 0.3) is 5.91 Å². The molecular formula is C19H23ClFN4O+. The number of piperidine rings is 1. The number of nitrogens with one attached hydrogen (secondary N) is 1. The van der Waals surface area contributed by atoms with Crippen molar-refractivity contribution in [3.8, 4) is 0 Å². The molecule has 4 rings (SSSR count). The first-order valence-corrected chi connectivity index (χ1v) is 9.32. The summed E-state index contributed by atoms with van der Waals surface area (Å²) in [6, 6.07) is 5.18. The van der Waals surface area contributed by atoms with Gasteiger partial charge in [-0.3, -0.25) is 9.78 Å². The molecule has 3 N–H and O–H groups in total. The number of aromatic nitrogens is 1. The van der Waals surface area contributed by atoms with Crippen molar-refractivity contribution in [3.63, 3.8) is 0 Å². The van der Waals surface area contributed by atoms with Gasteiger partial charge in [-0.1, -0.05) is 11.6 Å².